The molecule has 7 nitrogen and oxygen atoms in total. The lowest BCUT2D eigenvalue weighted by Crippen LogP contribution is -2.09. The predicted molar refractivity (Wildman–Crippen MR) is 67.2 cm³/mol. The standard InChI is InChI=1S/C11H10F3N5O2/c1-2-15-9-5-7(19(20)21)6-10(16-9)18-4-3-8(17-18)11(12,13)14/h3-6H,2H2,1H3,(H,15,16). The molecule has 0 saturated heterocycles. The maximum Gasteiger partial charge on any atom is 0.435 e. The molecule has 2 aromatic rings. The smallest absolute Gasteiger partial charge is 0.370 e. The first-order valence-electron chi connectivity index (χ1n) is 5.85. The highest BCUT2D eigenvalue weighted by Crippen LogP contribution is 2.28. The van der Waals surface area contributed by atoms with Crippen molar-refractivity contribution in [3.63, 3.8) is 0 Å². The van der Waals surface area contributed by atoms with Crippen molar-refractivity contribution in [2.45, 2.75) is 13.1 Å². The number of nitrogens with zero attached hydrogens (tertiary/aromatic N) is 4. The quantitative estimate of drug-likeness (QED) is 0.693. The van der Waals surface area contributed by atoms with Gasteiger partial charge in [-0.05, 0) is 13.0 Å². The second-order valence-electron chi connectivity index (χ2n) is 4.00. The number of hydrogen-bond donors (Lipinski definition) is 1. The van der Waals surface area contributed by atoms with E-state index in [-0.39, 0.29) is 17.3 Å². The fourth-order valence-electron chi connectivity index (χ4n) is 1.60. The number of aromatic nitrogens is 3. The molecule has 0 aromatic carbocycles. The minimum atomic E-state index is -4.59. The van der Waals surface area contributed by atoms with Gasteiger partial charge in [-0.15, -0.1) is 0 Å². The first kappa shape index (κ1) is 14.8. The van der Waals surface area contributed by atoms with Crippen LogP contribution in [-0.2, 0) is 6.18 Å². The van der Waals surface area contributed by atoms with E-state index in [0.717, 1.165) is 23.0 Å². The van der Waals surface area contributed by atoms with Crippen LogP contribution in [0.3, 0.4) is 0 Å². The summed E-state index contributed by atoms with van der Waals surface area (Å²) in [6, 6.07) is 3.02. The van der Waals surface area contributed by atoms with Gasteiger partial charge in [0, 0.05) is 12.7 Å². The van der Waals surface area contributed by atoms with E-state index in [2.05, 4.69) is 15.4 Å². The fourth-order valence-corrected chi connectivity index (χ4v) is 1.60. The number of pyridine rings is 1. The van der Waals surface area contributed by atoms with Crippen molar-refractivity contribution < 1.29 is 18.1 Å². The van der Waals surface area contributed by atoms with Crippen LogP contribution in [-0.4, -0.2) is 26.2 Å². The van der Waals surface area contributed by atoms with Gasteiger partial charge in [0.1, 0.15) is 5.82 Å². The van der Waals surface area contributed by atoms with Crippen molar-refractivity contribution in [2.24, 2.45) is 0 Å². The highest BCUT2D eigenvalue weighted by atomic mass is 19.4. The third-order valence-electron chi connectivity index (χ3n) is 2.48. The van der Waals surface area contributed by atoms with Gasteiger partial charge in [0.15, 0.2) is 11.5 Å². The molecule has 0 aliphatic carbocycles. The Morgan fingerprint density at radius 2 is 2.14 bits per heavy atom. The van der Waals surface area contributed by atoms with Gasteiger partial charge in [-0.2, -0.15) is 18.3 Å². The molecule has 0 aliphatic heterocycles. The van der Waals surface area contributed by atoms with Crippen molar-refractivity contribution in [1.82, 2.24) is 14.8 Å². The molecule has 2 aromatic heterocycles. The van der Waals surface area contributed by atoms with Crippen LogP contribution in [0.4, 0.5) is 24.7 Å². The molecule has 0 aliphatic rings. The molecule has 112 valence electrons. The molecule has 0 saturated carbocycles. The Hall–Kier alpha value is -2.65. The summed E-state index contributed by atoms with van der Waals surface area (Å²) in [6.45, 7) is 2.22. The van der Waals surface area contributed by atoms with Crippen LogP contribution in [0.2, 0.25) is 0 Å². The van der Waals surface area contributed by atoms with Crippen molar-refractivity contribution in [1.29, 1.82) is 0 Å². The Bertz CT molecular complexity index is 668. The zero-order valence-electron chi connectivity index (χ0n) is 10.8. The van der Waals surface area contributed by atoms with Crippen LogP contribution in [0.1, 0.15) is 12.6 Å². The predicted octanol–water partition coefficient (Wildman–Crippen LogP) is 2.63. The Balaban J connectivity index is 2.47. The second kappa shape index (κ2) is 5.38. The summed E-state index contributed by atoms with van der Waals surface area (Å²) in [7, 11) is 0. The zero-order chi connectivity index (χ0) is 15.6. The molecule has 0 unspecified atom stereocenters. The molecule has 2 heterocycles. The summed E-state index contributed by atoms with van der Waals surface area (Å²) in [5.41, 5.74) is -1.39. The maximum absolute atomic E-state index is 12.5. The van der Waals surface area contributed by atoms with Gasteiger partial charge in [-0.1, -0.05) is 0 Å². The minimum Gasteiger partial charge on any atom is -0.370 e. The number of halogens is 3. The topological polar surface area (TPSA) is 85.9 Å². The van der Waals surface area contributed by atoms with Crippen LogP contribution in [0, 0.1) is 10.1 Å². The molecule has 0 spiro atoms. The molecule has 1 N–H and O–H groups in total. The van der Waals surface area contributed by atoms with Crippen LogP contribution in [0.5, 0.6) is 0 Å². The van der Waals surface area contributed by atoms with E-state index in [9.17, 15) is 23.3 Å². The summed E-state index contributed by atoms with van der Waals surface area (Å²) >= 11 is 0. The summed E-state index contributed by atoms with van der Waals surface area (Å²) in [6.07, 6.45) is -3.54. The van der Waals surface area contributed by atoms with E-state index in [1.165, 1.54) is 6.07 Å². The lowest BCUT2D eigenvalue weighted by atomic mass is 10.3. The van der Waals surface area contributed by atoms with Crippen LogP contribution in [0.15, 0.2) is 24.4 Å². The van der Waals surface area contributed by atoms with Gasteiger partial charge in [-0.3, -0.25) is 10.1 Å². The van der Waals surface area contributed by atoms with Crippen molar-refractivity contribution in [2.75, 3.05) is 11.9 Å². The highest BCUT2D eigenvalue weighted by molar-refractivity contribution is 5.50. The third-order valence-corrected chi connectivity index (χ3v) is 2.48. The average Bonchev–Trinajstić information content (AvgIpc) is 2.88. The van der Waals surface area contributed by atoms with Crippen LogP contribution >= 0.6 is 0 Å². The SMILES string of the molecule is CCNc1cc([N+](=O)[O-])cc(-n2ccc(C(F)(F)F)n2)n1. The van der Waals surface area contributed by atoms with E-state index in [4.69, 9.17) is 0 Å². The lowest BCUT2D eigenvalue weighted by molar-refractivity contribution is -0.384. The zero-order valence-corrected chi connectivity index (χ0v) is 10.8. The van der Waals surface area contributed by atoms with E-state index in [1.54, 1.807) is 6.92 Å². The normalized spacial score (nSPS) is 11.4. The molecule has 21 heavy (non-hydrogen) atoms. The molecule has 0 atom stereocenters. The van der Waals surface area contributed by atoms with Gasteiger partial charge in [0.05, 0.1) is 17.1 Å². The molecular formula is C11H10F3N5O2. The Kier molecular flexibility index (Phi) is 3.78. The molecule has 0 radical (unpaired) electrons. The summed E-state index contributed by atoms with van der Waals surface area (Å²) in [4.78, 5) is 14.2. The van der Waals surface area contributed by atoms with E-state index < -0.39 is 16.8 Å². The molecule has 0 amide bonds. The highest BCUT2D eigenvalue weighted by Gasteiger charge is 2.33. The van der Waals surface area contributed by atoms with Gasteiger partial charge in [0.25, 0.3) is 5.69 Å². The largest absolute Gasteiger partial charge is 0.435 e. The summed E-state index contributed by atoms with van der Waals surface area (Å²) < 4.78 is 38.4. The minimum absolute atomic E-state index is 0.0735. The summed E-state index contributed by atoms with van der Waals surface area (Å²) in [5, 5.41) is 16.9. The third kappa shape index (κ3) is 3.27. The maximum atomic E-state index is 12.5. The van der Waals surface area contributed by atoms with E-state index in [1.807, 2.05) is 0 Å². The van der Waals surface area contributed by atoms with Crippen LogP contribution in [0.25, 0.3) is 5.82 Å². The number of alkyl halides is 3. The van der Waals surface area contributed by atoms with Gasteiger partial charge < -0.3 is 5.32 Å². The number of anilines is 1. The first-order chi connectivity index (χ1) is 9.81. The summed E-state index contributed by atoms with van der Waals surface area (Å²) in [5.74, 6) is 0.112. The van der Waals surface area contributed by atoms with Crippen molar-refractivity contribution >= 4 is 11.5 Å². The molecule has 10 heteroatoms. The fraction of sp³-hybridized carbons (Fsp3) is 0.273. The number of hydrogen-bond acceptors (Lipinski definition) is 5. The Morgan fingerprint density at radius 3 is 2.67 bits per heavy atom. The monoisotopic (exact) mass is 301 g/mol. The first-order valence-corrected chi connectivity index (χ1v) is 5.85. The van der Waals surface area contributed by atoms with E-state index in [0.29, 0.717) is 6.54 Å². The molecular weight excluding hydrogens is 291 g/mol. The lowest BCUT2D eigenvalue weighted by Gasteiger charge is -2.06. The molecule has 0 fully saturated rings. The van der Waals surface area contributed by atoms with Crippen molar-refractivity contribution in [3.8, 4) is 5.82 Å². The number of rotatable bonds is 4. The van der Waals surface area contributed by atoms with Gasteiger partial charge >= 0.3 is 6.18 Å². The van der Waals surface area contributed by atoms with E-state index >= 15 is 0 Å². The molecule has 0 bridgehead atoms. The Labute approximate surface area is 116 Å². The number of nitrogens with one attached hydrogen (secondary N) is 1. The molecule has 2 rings (SSSR count). The average molecular weight is 301 g/mol. The van der Waals surface area contributed by atoms with Gasteiger partial charge in [-0.25, -0.2) is 9.67 Å². The second-order valence-corrected chi connectivity index (χ2v) is 4.00. The Morgan fingerprint density at radius 1 is 1.43 bits per heavy atom. The van der Waals surface area contributed by atoms with Crippen molar-refractivity contribution in [3.05, 3.63) is 40.2 Å². The number of nitro groups is 1. The van der Waals surface area contributed by atoms with Crippen LogP contribution < -0.4 is 5.32 Å². The van der Waals surface area contributed by atoms with Gasteiger partial charge in [0.2, 0.25) is 0 Å².